The summed E-state index contributed by atoms with van der Waals surface area (Å²) in [6.07, 6.45) is 9.47. The Morgan fingerprint density at radius 1 is 0.625 bits per heavy atom. The number of rotatable bonds is 12. The number of carbonyl (C=O) groups is 2. The van der Waals surface area contributed by atoms with Gasteiger partial charge in [0.05, 0.1) is 24.2 Å². The normalized spacial score (nSPS) is 17.7. The molecule has 2 aromatic carbocycles. The minimum Gasteiger partial charge on any atom is -0.339 e. The highest BCUT2D eigenvalue weighted by atomic mass is 16.5. The topological polar surface area (TPSA) is 144 Å². The lowest BCUT2D eigenvalue weighted by molar-refractivity contribution is 0.0768. The number of benzene rings is 2. The highest BCUT2D eigenvalue weighted by Crippen LogP contribution is 2.28. The van der Waals surface area contributed by atoms with Crippen LogP contribution < -0.4 is 0 Å². The van der Waals surface area contributed by atoms with Crippen LogP contribution in [0.1, 0.15) is 93.1 Å². The standard InChI is InChI=1S/C36H38N8O4/c45-35(43-19-17-27(23-43)33-39-31(41-47-33)15-7-13-25-9-3-1-4-10-25)29-21-38-30(22-37-29)36(46)44-20-18-28(24-44)34-40-32(42-48-34)16-8-14-26-11-5-2-6-12-26/h1-6,9-12,21-22,27-28H,7-8,13-20,23-24H2/t27-,28-/m1/s1. The number of likely N-dealkylation sites (tertiary alicyclic amines) is 2. The summed E-state index contributed by atoms with van der Waals surface area (Å²) in [5.74, 6) is 2.00. The molecule has 48 heavy (non-hydrogen) atoms. The molecule has 5 heterocycles. The number of hydrogen-bond acceptors (Lipinski definition) is 10. The lowest BCUT2D eigenvalue weighted by Gasteiger charge is -2.16. The molecule has 0 aliphatic carbocycles. The van der Waals surface area contributed by atoms with Gasteiger partial charge in [-0.2, -0.15) is 9.97 Å². The van der Waals surface area contributed by atoms with Crippen LogP contribution in [-0.4, -0.2) is 78.0 Å². The number of aromatic nitrogens is 6. The molecule has 12 heteroatoms. The summed E-state index contributed by atoms with van der Waals surface area (Å²) in [7, 11) is 0. The van der Waals surface area contributed by atoms with Crippen molar-refractivity contribution in [1.29, 1.82) is 0 Å². The van der Waals surface area contributed by atoms with E-state index in [0.717, 1.165) is 51.4 Å². The second kappa shape index (κ2) is 14.7. The summed E-state index contributed by atoms with van der Waals surface area (Å²) in [5.41, 5.74) is 2.97. The summed E-state index contributed by atoms with van der Waals surface area (Å²) >= 11 is 0. The first-order valence-corrected chi connectivity index (χ1v) is 16.7. The lowest BCUT2D eigenvalue weighted by atomic mass is 10.1. The average Bonchev–Trinajstić information content (AvgIpc) is 3.96. The molecule has 2 aliphatic rings. The van der Waals surface area contributed by atoms with Crippen LogP contribution in [0.4, 0.5) is 0 Å². The smallest absolute Gasteiger partial charge is 0.274 e. The third-order valence-corrected chi connectivity index (χ3v) is 9.12. The second-order valence-electron chi connectivity index (χ2n) is 12.5. The predicted molar refractivity (Wildman–Crippen MR) is 174 cm³/mol. The SMILES string of the molecule is O=C(c1cnc(C(=O)N2CC[C@@H](c3nc(CCCc4ccccc4)no3)C2)cn1)N1CC[C@@H](c2nc(CCCc3ccccc3)no2)C1. The van der Waals surface area contributed by atoms with Gasteiger partial charge in [0.25, 0.3) is 11.8 Å². The molecule has 0 spiro atoms. The van der Waals surface area contributed by atoms with Gasteiger partial charge in [-0.1, -0.05) is 71.0 Å². The Kier molecular flexibility index (Phi) is 9.57. The molecular formula is C36H38N8O4. The maximum Gasteiger partial charge on any atom is 0.274 e. The van der Waals surface area contributed by atoms with Crippen molar-refractivity contribution in [3.8, 4) is 0 Å². The minimum atomic E-state index is -0.233. The molecule has 7 rings (SSSR count). The van der Waals surface area contributed by atoms with E-state index in [1.165, 1.54) is 23.5 Å². The van der Waals surface area contributed by atoms with Gasteiger partial charge in [0.2, 0.25) is 11.8 Å². The Hall–Kier alpha value is -5.26. The molecule has 2 aliphatic heterocycles. The summed E-state index contributed by atoms with van der Waals surface area (Å²) in [4.78, 5) is 47.7. The molecular weight excluding hydrogens is 608 g/mol. The van der Waals surface area contributed by atoms with Crippen molar-refractivity contribution in [1.82, 2.24) is 40.0 Å². The maximum atomic E-state index is 13.2. The number of nitrogens with zero attached hydrogens (tertiary/aromatic N) is 8. The second-order valence-corrected chi connectivity index (χ2v) is 12.5. The molecule has 2 saturated heterocycles. The Balaban J connectivity index is 0.868. The number of hydrogen-bond donors (Lipinski definition) is 0. The fourth-order valence-electron chi connectivity index (χ4n) is 6.43. The third kappa shape index (κ3) is 7.48. The largest absolute Gasteiger partial charge is 0.339 e. The van der Waals surface area contributed by atoms with Crippen LogP contribution in [0.5, 0.6) is 0 Å². The van der Waals surface area contributed by atoms with Crippen molar-refractivity contribution >= 4 is 11.8 Å². The van der Waals surface area contributed by atoms with Gasteiger partial charge in [-0.05, 0) is 49.7 Å². The van der Waals surface area contributed by atoms with Crippen molar-refractivity contribution in [3.63, 3.8) is 0 Å². The van der Waals surface area contributed by atoms with Gasteiger partial charge in [0.1, 0.15) is 11.4 Å². The average molecular weight is 647 g/mol. The van der Waals surface area contributed by atoms with Crippen molar-refractivity contribution < 1.29 is 18.6 Å². The Morgan fingerprint density at radius 3 is 1.48 bits per heavy atom. The van der Waals surface area contributed by atoms with Crippen LogP contribution in [0.25, 0.3) is 0 Å². The lowest BCUT2D eigenvalue weighted by Crippen LogP contribution is -2.31. The highest BCUT2D eigenvalue weighted by Gasteiger charge is 2.34. The zero-order valence-electron chi connectivity index (χ0n) is 26.8. The molecule has 3 aromatic heterocycles. The van der Waals surface area contributed by atoms with Gasteiger partial charge in [0, 0.05) is 39.0 Å². The van der Waals surface area contributed by atoms with E-state index in [4.69, 9.17) is 9.05 Å². The zero-order chi connectivity index (χ0) is 32.7. The van der Waals surface area contributed by atoms with Gasteiger partial charge in [-0.3, -0.25) is 9.59 Å². The Morgan fingerprint density at radius 2 is 1.06 bits per heavy atom. The van der Waals surface area contributed by atoms with E-state index in [0.29, 0.717) is 49.6 Å². The predicted octanol–water partition coefficient (Wildman–Crippen LogP) is 4.85. The molecule has 2 atom stereocenters. The van der Waals surface area contributed by atoms with Gasteiger partial charge in [-0.25, -0.2) is 9.97 Å². The van der Waals surface area contributed by atoms with E-state index >= 15 is 0 Å². The number of carbonyl (C=O) groups excluding carboxylic acids is 2. The van der Waals surface area contributed by atoms with Gasteiger partial charge in [0.15, 0.2) is 11.6 Å². The monoisotopic (exact) mass is 646 g/mol. The van der Waals surface area contributed by atoms with E-state index in [1.807, 2.05) is 36.4 Å². The van der Waals surface area contributed by atoms with Crippen LogP contribution in [0.3, 0.4) is 0 Å². The zero-order valence-corrected chi connectivity index (χ0v) is 26.8. The van der Waals surface area contributed by atoms with Crippen LogP contribution in [0.15, 0.2) is 82.1 Å². The van der Waals surface area contributed by atoms with Gasteiger partial charge in [-0.15, -0.1) is 0 Å². The van der Waals surface area contributed by atoms with E-state index in [-0.39, 0.29) is 35.0 Å². The van der Waals surface area contributed by atoms with Crippen molar-refractivity contribution in [2.75, 3.05) is 26.2 Å². The van der Waals surface area contributed by atoms with E-state index in [1.54, 1.807) is 9.80 Å². The fourth-order valence-corrected chi connectivity index (χ4v) is 6.43. The van der Waals surface area contributed by atoms with Gasteiger partial charge >= 0.3 is 0 Å². The molecule has 0 radical (unpaired) electrons. The van der Waals surface area contributed by atoms with E-state index in [9.17, 15) is 9.59 Å². The molecule has 2 fully saturated rings. The summed E-state index contributed by atoms with van der Waals surface area (Å²) in [5, 5.41) is 8.32. The van der Waals surface area contributed by atoms with Crippen molar-refractivity contribution in [2.24, 2.45) is 0 Å². The first-order chi connectivity index (χ1) is 23.6. The number of aryl methyl sites for hydroxylation is 4. The first kappa shape index (κ1) is 31.3. The van der Waals surface area contributed by atoms with E-state index in [2.05, 4.69) is 54.5 Å². The molecule has 12 nitrogen and oxygen atoms in total. The van der Waals surface area contributed by atoms with Crippen molar-refractivity contribution in [2.45, 2.75) is 63.2 Å². The minimum absolute atomic E-state index is 0.0227. The third-order valence-electron chi connectivity index (χ3n) is 9.12. The molecule has 5 aromatic rings. The Bertz CT molecular complexity index is 1680. The molecule has 0 unspecified atom stereocenters. The molecule has 2 amide bonds. The van der Waals surface area contributed by atoms with Crippen molar-refractivity contribution in [3.05, 3.63) is 119 Å². The number of amides is 2. The van der Waals surface area contributed by atoms with E-state index < -0.39 is 0 Å². The van der Waals surface area contributed by atoms with Crippen LogP contribution in [0, 0.1) is 0 Å². The summed E-state index contributed by atoms with van der Waals surface area (Å²) in [6, 6.07) is 20.7. The highest BCUT2D eigenvalue weighted by molar-refractivity contribution is 5.94. The molecule has 0 saturated carbocycles. The molecule has 0 N–H and O–H groups in total. The van der Waals surface area contributed by atoms with Gasteiger partial charge < -0.3 is 18.8 Å². The molecule has 246 valence electrons. The first-order valence-electron chi connectivity index (χ1n) is 16.7. The molecule has 0 bridgehead atoms. The maximum absolute atomic E-state index is 13.2. The summed E-state index contributed by atoms with van der Waals surface area (Å²) < 4.78 is 11.1. The summed E-state index contributed by atoms with van der Waals surface area (Å²) in [6.45, 7) is 2.03. The quantitative estimate of drug-likeness (QED) is 0.184. The van der Waals surface area contributed by atoms with Crippen LogP contribution >= 0.6 is 0 Å². The Labute approximate surface area is 278 Å². The fraction of sp³-hybridized carbons (Fsp3) is 0.389. The van der Waals surface area contributed by atoms with Crippen LogP contribution in [-0.2, 0) is 25.7 Å². The van der Waals surface area contributed by atoms with Crippen LogP contribution in [0.2, 0.25) is 0 Å².